The number of esters is 1. The Bertz CT molecular complexity index is 1140. The number of ether oxygens (including phenoxy) is 1. The minimum atomic E-state index is -0.368. The van der Waals surface area contributed by atoms with Crippen LogP contribution in [-0.4, -0.2) is 23.0 Å². The third kappa shape index (κ3) is 3.87. The number of anilines is 2. The molecule has 4 rings (SSSR count). The fourth-order valence-corrected chi connectivity index (χ4v) is 3.92. The Morgan fingerprint density at radius 3 is 2.68 bits per heavy atom. The zero-order valence-electron chi connectivity index (χ0n) is 15.6. The highest BCUT2D eigenvalue weighted by Crippen LogP contribution is 2.31. The molecule has 1 N–H and O–H groups in total. The van der Waals surface area contributed by atoms with Crippen molar-refractivity contribution in [1.82, 2.24) is 9.97 Å². The summed E-state index contributed by atoms with van der Waals surface area (Å²) in [6, 6.07) is 19.4. The summed E-state index contributed by atoms with van der Waals surface area (Å²) in [6.45, 7) is 2.06. The summed E-state index contributed by atoms with van der Waals surface area (Å²) < 4.78 is 4.81. The lowest BCUT2D eigenvalue weighted by Gasteiger charge is -2.10. The Hall–Kier alpha value is -3.25. The van der Waals surface area contributed by atoms with Gasteiger partial charge in [0.25, 0.3) is 0 Å². The highest BCUT2D eigenvalue weighted by molar-refractivity contribution is 7.18. The van der Waals surface area contributed by atoms with Crippen LogP contribution < -0.4 is 5.32 Å². The van der Waals surface area contributed by atoms with Gasteiger partial charge in [-0.3, -0.25) is 0 Å². The Morgan fingerprint density at radius 1 is 1.07 bits per heavy atom. The van der Waals surface area contributed by atoms with Crippen molar-refractivity contribution >= 4 is 39.0 Å². The molecule has 0 unspecified atom stereocenters. The minimum Gasteiger partial charge on any atom is -0.465 e. The zero-order chi connectivity index (χ0) is 19.5. The van der Waals surface area contributed by atoms with E-state index in [1.54, 1.807) is 23.5 Å². The van der Waals surface area contributed by atoms with E-state index in [0.29, 0.717) is 12.0 Å². The van der Waals surface area contributed by atoms with E-state index in [0.717, 1.165) is 33.1 Å². The van der Waals surface area contributed by atoms with Crippen molar-refractivity contribution in [3.8, 4) is 0 Å². The predicted molar refractivity (Wildman–Crippen MR) is 112 cm³/mol. The van der Waals surface area contributed by atoms with Crippen molar-refractivity contribution in [2.75, 3.05) is 12.4 Å². The maximum absolute atomic E-state index is 11.8. The van der Waals surface area contributed by atoms with Gasteiger partial charge in [0.1, 0.15) is 16.5 Å². The number of methoxy groups -OCH3 is 1. The first-order valence-electron chi connectivity index (χ1n) is 8.89. The predicted octanol–water partition coefficient (Wildman–Crippen LogP) is 5.12. The first kappa shape index (κ1) is 18.1. The van der Waals surface area contributed by atoms with E-state index >= 15 is 0 Å². The van der Waals surface area contributed by atoms with Crippen LogP contribution in [-0.2, 0) is 11.2 Å². The fourth-order valence-electron chi connectivity index (χ4n) is 3.02. The molecule has 0 fully saturated rings. The molecular formula is C22H19N3O2S. The molecule has 0 aliphatic heterocycles. The molecule has 6 heteroatoms. The molecule has 4 aromatic rings. The molecule has 2 aromatic heterocycles. The van der Waals surface area contributed by atoms with E-state index in [-0.39, 0.29) is 5.97 Å². The normalized spacial score (nSPS) is 10.8. The van der Waals surface area contributed by atoms with Crippen LogP contribution in [0.4, 0.5) is 11.5 Å². The monoisotopic (exact) mass is 389 g/mol. The van der Waals surface area contributed by atoms with Gasteiger partial charge in [0.2, 0.25) is 0 Å². The largest absolute Gasteiger partial charge is 0.465 e. The number of aromatic nitrogens is 2. The molecule has 140 valence electrons. The third-order valence-corrected chi connectivity index (χ3v) is 5.26. The molecule has 0 aliphatic rings. The lowest BCUT2D eigenvalue weighted by atomic mass is 10.1. The summed E-state index contributed by atoms with van der Waals surface area (Å²) >= 11 is 1.65. The van der Waals surface area contributed by atoms with Crippen molar-refractivity contribution < 1.29 is 9.53 Å². The van der Waals surface area contributed by atoms with Crippen molar-refractivity contribution in [3.05, 3.63) is 82.5 Å². The van der Waals surface area contributed by atoms with Gasteiger partial charge >= 0.3 is 5.97 Å². The summed E-state index contributed by atoms with van der Waals surface area (Å²) in [6.07, 6.45) is 0.657. The highest BCUT2D eigenvalue weighted by Gasteiger charge is 2.13. The summed E-state index contributed by atoms with van der Waals surface area (Å²) in [5.41, 5.74) is 2.43. The molecule has 0 amide bonds. The summed E-state index contributed by atoms with van der Waals surface area (Å²) in [5.74, 6) is 1.13. The quantitative estimate of drug-likeness (QED) is 0.480. The second kappa shape index (κ2) is 7.78. The Labute approximate surface area is 167 Å². The molecule has 2 heterocycles. The van der Waals surface area contributed by atoms with Crippen LogP contribution in [0.15, 0.2) is 60.7 Å². The lowest BCUT2D eigenvalue weighted by molar-refractivity contribution is 0.0601. The van der Waals surface area contributed by atoms with E-state index in [4.69, 9.17) is 14.7 Å². The van der Waals surface area contributed by atoms with E-state index in [1.807, 2.05) is 30.3 Å². The molecule has 5 nitrogen and oxygen atoms in total. The molecular weight excluding hydrogens is 370 g/mol. The number of nitrogens with one attached hydrogen (secondary N) is 1. The lowest BCUT2D eigenvalue weighted by Crippen LogP contribution is -2.04. The molecule has 0 spiro atoms. The number of rotatable bonds is 5. The number of hydrogen-bond acceptors (Lipinski definition) is 6. The highest BCUT2D eigenvalue weighted by atomic mass is 32.1. The molecule has 0 saturated carbocycles. The second-order valence-electron chi connectivity index (χ2n) is 6.42. The van der Waals surface area contributed by atoms with Crippen LogP contribution in [0.3, 0.4) is 0 Å². The first-order chi connectivity index (χ1) is 13.6. The molecule has 0 aliphatic carbocycles. The van der Waals surface area contributed by atoms with Gasteiger partial charge in [-0.2, -0.15) is 0 Å². The van der Waals surface area contributed by atoms with Gasteiger partial charge in [0, 0.05) is 17.0 Å². The minimum absolute atomic E-state index is 0.368. The van der Waals surface area contributed by atoms with Crippen molar-refractivity contribution in [2.45, 2.75) is 13.3 Å². The Kier molecular flexibility index (Phi) is 5.04. The van der Waals surface area contributed by atoms with Crippen molar-refractivity contribution in [1.29, 1.82) is 0 Å². The Morgan fingerprint density at radius 2 is 1.89 bits per heavy atom. The number of carbonyl (C=O) groups is 1. The zero-order valence-corrected chi connectivity index (χ0v) is 16.4. The summed E-state index contributed by atoms with van der Waals surface area (Å²) in [7, 11) is 1.38. The molecule has 0 atom stereocenters. The van der Waals surface area contributed by atoms with E-state index in [1.165, 1.54) is 12.0 Å². The Balaban J connectivity index is 1.72. The van der Waals surface area contributed by atoms with E-state index < -0.39 is 0 Å². The van der Waals surface area contributed by atoms with Crippen LogP contribution in [0.1, 0.15) is 26.6 Å². The van der Waals surface area contributed by atoms with E-state index in [9.17, 15) is 4.79 Å². The van der Waals surface area contributed by atoms with Gasteiger partial charge < -0.3 is 10.1 Å². The van der Waals surface area contributed by atoms with Gasteiger partial charge in [-0.05, 0) is 36.8 Å². The van der Waals surface area contributed by atoms with Gasteiger partial charge in [-0.25, -0.2) is 14.8 Å². The van der Waals surface area contributed by atoms with Crippen LogP contribution >= 0.6 is 11.3 Å². The van der Waals surface area contributed by atoms with Crippen molar-refractivity contribution in [3.63, 3.8) is 0 Å². The van der Waals surface area contributed by atoms with E-state index in [2.05, 4.69) is 30.4 Å². The van der Waals surface area contributed by atoms with Gasteiger partial charge in [-0.15, -0.1) is 11.3 Å². The van der Waals surface area contributed by atoms with Crippen LogP contribution in [0, 0.1) is 6.92 Å². The van der Waals surface area contributed by atoms with Crippen LogP contribution in [0.25, 0.3) is 10.2 Å². The van der Waals surface area contributed by atoms with Crippen LogP contribution in [0.2, 0.25) is 0 Å². The number of thiophene rings is 1. The standard InChI is InChI=1S/C22H19N3O2S/c1-14-11-18-20(23-17-10-6-9-16(13-17)22(26)27-2)24-19(25-21(18)28-14)12-15-7-4-3-5-8-15/h3-11,13H,12H2,1-2H3,(H,23,24,25). The van der Waals surface area contributed by atoms with Gasteiger partial charge in [-0.1, -0.05) is 36.4 Å². The van der Waals surface area contributed by atoms with Gasteiger partial charge in [0.15, 0.2) is 0 Å². The fraction of sp³-hybridized carbons (Fsp3) is 0.136. The number of fused-ring (bicyclic) bond motifs is 1. The molecule has 28 heavy (non-hydrogen) atoms. The number of carbonyl (C=O) groups excluding carboxylic acids is 1. The smallest absolute Gasteiger partial charge is 0.337 e. The second-order valence-corrected chi connectivity index (χ2v) is 7.66. The average molecular weight is 389 g/mol. The topological polar surface area (TPSA) is 64.1 Å². The number of benzene rings is 2. The van der Waals surface area contributed by atoms with Gasteiger partial charge in [0.05, 0.1) is 18.1 Å². The number of hydrogen-bond donors (Lipinski definition) is 1. The summed E-state index contributed by atoms with van der Waals surface area (Å²) in [5, 5.41) is 4.33. The molecule has 0 bridgehead atoms. The number of nitrogens with zero attached hydrogens (tertiary/aromatic N) is 2. The average Bonchev–Trinajstić information content (AvgIpc) is 3.09. The van der Waals surface area contributed by atoms with Crippen LogP contribution in [0.5, 0.6) is 0 Å². The SMILES string of the molecule is COC(=O)c1cccc(Nc2nc(Cc3ccccc3)nc3sc(C)cc23)c1. The maximum atomic E-state index is 11.8. The molecule has 2 aromatic carbocycles. The molecule has 0 radical (unpaired) electrons. The maximum Gasteiger partial charge on any atom is 0.337 e. The number of aryl methyl sites for hydroxylation is 1. The summed E-state index contributed by atoms with van der Waals surface area (Å²) in [4.78, 5) is 23.5. The third-order valence-electron chi connectivity index (χ3n) is 4.31. The van der Waals surface area contributed by atoms with Crippen molar-refractivity contribution in [2.24, 2.45) is 0 Å². The first-order valence-corrected chi connectivity index (χ1v) is 9.70. The molecule has 0 saturated heterocycles.